The van der Waals surface area contributed by atoms with Crippen molar-refractivity contribution in [2.75, 3.05) is 17.7 Å². The summed E-state index contributed by atoms with van der Waals surface area (Å²) in [5.41, 5.74) is 2.41. The molecule has 9 nitrogen and oxygen atoms in total. The lowest BCUT2D eigenvalue weighted by molar-refractivity contribution is -0.113. The topological polar surface area (TPSA) is 112 Å². The number of hydrogen-bond donors (Lipinski definition) is 1. The van der Waals surface area contributed by atoms with Gasteiger partial charge in [0.25, 0.3) is 0 Å². The Morgan fingerprint density at radius 1 is 1.06 bits per heavy atom. The maximum Gasteiger partial charge on any atom is 0.338 e. The van der Waals surface area contributed by atoms with Gasteiger partial charge in [-0.25, -0.2) is 9.78 Å². The van der Waals surface area contributed by atoms with Crippen LogP contribution in [0.5, 0.6) is 0 Å². The Morgan fingerprint density at radius 3 is 2.65 bits per heavy atom. The Balaban J connectivity index is 1.37. The van der Waals surface area contributed by atoms with E-state index in [0.717, 1.165) is 10.9 Å². The van der Waals surface area contributed by atoms with E-state index in [2.05, 4.69) is 15.5 Å². The number of furan rings is 1. The molecular formula is C24H19N5O4S. The lowest BCUT2D eigenvalue weighted by Gasteiger charge is -2.08. The number of thioether (sulfide) groups is 1. The summed E-state index contributed by atoms with van der Waals surface area (Å²) in [5.74, 6) is 0.608. The highest BCUT2D eigenvalue weighted by Crippen LogP contribution is 2.29. The predicted molar refractivity (Wildman–Crippen MR) is 128 cm³/mol. The van der Waals surface area contributed by atoms with Crippen LogP contribution in [0.1, 0.15) is 17.3 Å². The molecule has 34 heavy (non-hydrogen) atoms. The molecule has 1 amide bonds. The molecule has 0 bridgehead atoms. The van der Waals surface area contributed by atoms with E-state index in [0.29, 0.717) is 40.2 Å². The molecule has 5 aromatic rings. The highest BCUT2D eigenvalue weighted by molar-refractivity contribution is 7.99. The molecule has 0 atom stereocenters. The summed E-state index contributed by atoms with van der Waals surface area (Å²) >= 11 is 1.24. The molecule has 1 N–H and O–H groups in total. The molecule has 0 spiro atoms. The molecule has 5 rings (SSSR count). The maximum absolute atomic E-state index is 12.6. The zero-order valence-corrected chi connectivity index (χ0v) is 18.9. The first-order valence-electron chi connectivity index (χ1n) is 10.5. The van der Waals surface area contributed by atoms with Crippen molar-refractivity contribution in [3.63, 3.8) is 0 Å². The number of nitrogens with zero attached hydrogens (tertiary/aromatic N) is 4. The third-order valence-electron chi connectivity index (χ3n) is 4.97. The highest BCUT2D eigenvalue weighted by Gasteiger charge is 2.19. The number of esters is 1. The number of fused-ring (bicyclic) bond motifs is 3. The van der Waals surface area contributed by atoms with Gasteiger partial charge in [-0.15, -0.1) is 10.2 Å². The van der Waals surface area contributed by atoms with E-state index in [1.165, 1.54) is 11.8 Å². The smallest absolute Gasteiger partial charge is 0.338 e. The number of aromatic nitrogens is 4. The summed E-state index contributed by atoms with van der Waals surface area (Å²) in [6.07, 6.45) is 1.58. The van der Waals surface area contributed by atoms with Crippen LogP contribution in [0.25, 0.3) is 28.1 Å². The Morgan fingerprint density at radius 2 is 1.88 bits per heavy atom. The van der Waals surface area contributed by atoms with Gasteiger partial charge in [-0.3, -0.25) is 9.20 Å². The van der Waals surface area contributed by atoms with Crippen LogP contribution in [0.4, 0.5) is 5.69 Å². The Hall–Kier alpha value is -4.18. The third kappa shape index (κ3) is 4.23. The van der Waals surface area contributed by atoms with Gasteiger partial charge in [-0.05, 0) is 55.5 Å². The fourth-order valence-corrected chi connectivity index (χ4v) is 4.19. The molecule has 0 saturated heterocycles. The average molecular weight is 474 g/mol. The maximum atomic E-state index is 12.6. The van der Waals surface area contributed by atoms with Crippen molar-refractivity contribution >= 4 is 45.9 Å². The Kier molecular flexibility index (Phi) is 5.96. The molecule has 0 radical (unpaired) electrons. The van der Waals surface area contributed by atoms with E-state index in [1.54, 1.807) is 47.9 Å². The second kappa shape index (κ2) is 9.36. The monoisotopic (exact) mass is 473 g/mol. The molecular weight excluding hydrogens is 454 g/mol. The number of rotatable bonds is 7. The normalized spacial score (nSPS) is 11.1. The number of para-hydroxylation sites is 1. The first-order chi connectivity index (χ1) is 16.6. The van der Waals surface area contributed by atoms with Gasteiger partial charge in [0, 0.05) is 11.1 Å². The summed E-state index contributed by atoms with van der Waals surface area (Å²) in [7, 11) is 0. The quantitative estimate of drug-likeness (QED) is 0.273. The number of carbonyl (C=O) groups excluding carboxylic acids is 2. The Labute approximate surface area is 198 Å². The third-order valence-corrected chi connectivity index (χ3v) is 5.90. The first kappa shape index (κ1) is 21.7. The standard InChI is InChI=1S/C24H19N5O4S/c1-2-32-23(31)15-9-11-16(12-10-15)25-20(30)14-34-24-28-27-21-17-6-3-4-7-18(17)26-22(29(21)24)19-8-5-13-33-19/h3-13H,2,14H2,1H3,(H,25,30). The number of benzene rings is 2. The summed E-state index contributed by atoms with van der Waals surface area (Å²) in [5, 5.41) is 12.9. The summed E-state index contributed by atoms with van der Waals surface area (Å²) in [4.78, 5) is 29.1. The SMILES string of the molecule is CCOC(=O)c1ccc(NC(=O)CSc2nnc3c4ccccc4nc(-c4ccco4)n23)cc1. The lowest BCUT2D eigenvalue weighted by atomic mass is 10.2. The van der Waals surface area contributed by atoms with Crippen LogP contribution < -0.4 is 5.32 Å². The van der Waals surface area contributed by atoms with Gasteiger partial charge in [-0.2, -0.15) is 0 Å². The molecule has 0 unspecified atom stereocenters. The molecule has 0 saturated carbocycles. The summed E-state index contributed by atoms with van der Waals surface area (Å²) < 4.78 is 12.4. The first-order valence-corrected chi connectivity index (χ1v) is 11.5. The van der Waals surface area contributed by atoms with Crippen LogP contribution in [0.15, 0.2) is 76.5 Å². The zero-order chi connectivity index (χ0) is 23.5. The van der Waals surface area contributed by atoms with E-state index in [1.807, 2.05) is 30.3 Å². The van der Waals surface area contributed by atoms with Gasteiger partial charge < -0.3 is 14.5 Å². The van der Waals surface area contributed by atoms with Crippen LogP contribution in [0, 0.1) is 0 Å². The van der Waals surface area contributed by atoms with Crippen molar-refractivity contribution in [2.45, 2.75) is 12.1 Å². The molecule has 0 aliphatic heterocycles. The van der Waals surface area contributed by atoms with E-state index in [-0.39, 0.29) is 11.7 Å². The molecule has 0 aliphatic rings. The number of amides is 1. The van der Waals surface area contributed by atoms with Crippen LogP contribution in [0.2, 0.25) is 0 Å². The van der Waals surface area contributed by atoms with Crippen LogP contribution >= 0.6 is 11.8 Å². The molecule has 0 fully saturated rings. The van der Waals surface area contributed by atoms with Crippen LogP contribution in [-0.2, 0) is 9.53 Å². The highest BCUT2D eigenvalue weighted by atomic mass is 32.2. The van der Waals surface area contributed by atoms with E-state index < -0.39 is 5.97 Å². The van der Waals surface area contributed by atoms with E-state index >= 15 is 0 Å². The van der Waals surface area contributed by atoms with Crippen molar-refractivity contribution in [2.24, 2.45) is 0 Å². The molecule has 3 aromatic heterocycles. The number of ether oxygens (including phenoxy) is 1. The Bertz CT molecular complexity index is 1480. The minimum absolute atomic E-state index is 0.102. The van der Waals surface area contributed by atoms with Crippen LogP contribution in [-0.4, -0.2) is 43.8 Å². The van der Waals surface area contributed by atoms with Gasteiger partial charge in [-0.1, -0.05) is 23.9 Å². The molecule has 2 aromatic carbocycles. The predicted octanol–water partition coefficient (Wildman–Crippen LogP) is 4.45. The van der Waals surface area contributed by atoms with Crippen LogP contribution in [0.3, 0.4) is 0 Å². The minimum Gasteiger partial charge on any atom is -0.462 e. The minimum atomic E-state index is -0.400. The number of anilines is 1. The summed E-state index contributed by atoms with van der Waals surface area (Å²) in [6.45, 7) is 2.05. The van der Waals surface area contributed by atoms with Crippen molar-refractivity contribution < 1.29 is 18.7 Å². The van der Waals surface area contributed by atoms with Gasteiger partial charge in [0.05, 0.1) is 29.7 Å². The zero-order valence-electron chi connectivity index (χ0n) is 18.1. The largest absolute Gasteiger partial charge is 0.462 e. The number of nitrogens with one attached hydrogen (secondary N) is 1. The van der Waals surface area contributed by atoms with Gasteiger partial charge >= 0.3 is 5.97 Å². The number of hydrogen-bond acceptors (Lipinski definition) is 8. The average Bonchev–Trinajstić information content (AvgIpc) is 3.54. The van der Waals surface area contributed by atoms with Crippen molar-refractivity contribution in [3.05, 3.63) is 72.5 Å². The van der Waals surface area contributed by atoms with Gasteiger partial charge in [0.1, 0.15) is 0 Å². The van der Waals surface area contributed by atoms with E-state index in [9.17, 15) is 9.59 Å². The van der Waals surface area contributed by atoms with Gasteiger partial charge in [0.2, 0.25) is 5.91 Å². The fourth-order valence-electron chi connectivity index (χ4n) is 3.46. The van der Waals surface area contributed by atoms with Gasteiger partial charge in [0.15, 0.2) is 22.4 Å². The molecule has 170 valence electrons. The number of carbonyl (C=O) groups is 2. The van der Waals surface area contributed by atoms with E-state index in [4.69, 9.17) is 14.1 Å². The molecule has 0 aliphatic carbocycles. The lowest BCUT2D eigenvalue weighted by Crippen LogP contribution is -2.14. The van der Waals surface area contributed by atoms with Crippen molar-refractivity contribution in [1.82, 2.24) is 19.6 Å². The second-order valence-electron chi connectivity index (χ2n) is 7.21. The molecule has 10 heteroatoms. The molecule has 3 heterocycles. The fraction of sp³-hybridized carbons (Fsp3) is 0.125. The van der Waals surface area contributed by atoms with Crippen molar-refractivity contribution in [3.8, 4) is 11.6 Å². The summed E-state index contributed by atoms with van der Waals surface area (Å²) in [6, 6.07) is 17.8. The second-order valence-corrected chi connectivity index (χ2v) is 8.15. The van der Waals surface area contributed by atoms with Crippen molar-refractivity contribution in [1.29, 1.82) is 0 Å².